The fraction of sp³-hybridized carbons (Fsp3) is 0.600. The monoisotopic (exact) mass is 253 g/mol. The quantitative estimate of drug-likeness (QED) is 0.829. The molecule has 1 N–H and O–H groups in total. The minimum Gasteiger partial charge on any atom is -0.487 e. The maximum atomic E-state index is 13.9. The molecule has 0 radical (unpaired) electrons. The number of nitrogens with one attached hydrogen (secondary N) is 1. The first-order valence-electron chi connectivity index (χ1n) is 6.58. The predicted molar refractivity (Wildman–Crippen MR) is 73.4 cm³/mol. The van der Waals surface area contributed by atoms with E-state index in [-0.39, 0.29) is 18.0 Å². The number of hydrogen-bond donors (Lipinski definition) is 1. The molecule has 102 valence electrons. The third kappa shape index (κ3) is 3.98. The van der Waals surface area contributed by atoms with E-state index in [1.807, 2.05) is 27.0 Å². The summed E-state index contributed by atoms with van der Waals surface area (Å²) >= 11 is 0. The third-order valence-electron chi connectivity index (χ3n) is 3.02. The van der Waals surface area contributed by atoms with Gasteiger partial charge in [0.2, 0.25) is 0 Å². The molecule has 1 aromatic rings. The molecular formula is C15H24FNO. The topological polar surface area (TPSA) is 21.3 Å². The van der Waals surface area contributed by atoms with E-state index in [0.29, 0.717) is 11.7 Å². The van der Waals surface area contributed by atoms with Crippen molar-refractivity contribution in [3.63, 3.8) is 0 Å². The van der Waals surface area contributed by atoms with Gasteiger partial charge in [-0.1, -0.05) is 26.0 Å². The molecule has 0 aromatic heterocycles. The number of halogens is 1. The molecule has 0 aliphatic carbocycles. The minimum atomic E-state index is -0.287. The van der Waals surface area contributed by atoms with Crippen LogP contribution in [0.5, 0.6) is 5.75 Å². The Bertz CT molecular complexity index is 379. The summed E-state index contributed by atoms with van der Waals surface area (Å²) in [4.78, 5) is 0. The highest BCUT2D eigenvalue weighted by molar-refractivity contribution is 5.37. The average molecular weight is 253 g/mol. The molecule has 1 rings (SSSR count). The van der Waals surface area contributed by atoms with Gasteiger partial charge in [0.1, 0.15) is 0 Å². The van der Waals surface area contributed by atoms with Gasteiger partial charge in [-0.15, -0.1) is 0 Å². The summed E-state index contributed by atoms with van der Waals surface area (Å²) in [6.45, 7) is 8.26. The summed E-state index contributed by atoms with van der Waals surface area (Å²) in [6.07, 6.45) is 0.937. The molecule has 1 aromatic carbocycles. The van der Waals surface area contributed by atoms with Crippen LogP contribution in [0.1, 0.15) is 45.7 Å². The largest absolute Gasteiger partial charge is 0.487 e. The van der Waals surface area contributed by atoms with Crippen LogP contribution in [-0.4, -0.2) is 13.2 Å². The van der Waals surface area contributed by atoms with E-state index in [1.165, 1.54) is 6.07 Å². The van der Waals surface area contributed by atoms with Crippen LogP contribution in [0.4, 0.5) is 4.39 Å². The van der Waals surface area contributed by atoms with Gasteiger partial charge in [0, 0.05) is 11.6 Å². The van der Waals surface area contributed by atoms with Gasteiger partial charge < -0.3 is 10.1 Å². The standard InChI is InChI=1S/C15H24FNO/c1-10(2)9-11(3)18-15-13(12(4)17-5)7-6-8-14(15)16/h6-8,10-12,17H,9H2,1-5H3. The van der Waals surface area contributed by atoms with E-state index in [2.05, 4.69) is 19.2 Å². The zero-order valence-corrected chi connectivity index (χ0v) is 12.0. The average Bonchev–Trinajstić information content (AvgIpc) is 2.29. The molecule has 2 atom stereocenters. The molecule has 0 heterocycles. The number of benzene rings is 1. The van der Waals surface area contributed by atoms with Crippen LogP contribution in [0, 0.1) is 11.7 Å². The van der Waals surface area contributed by atoms with Crippen molar-refractivity contribution in [2.75, 3.05) is 7.05 Å². The van der Waals surface area contributed by atoms with Crippen molar-refractivity contribution in [2.45, 2.75) is 46.3 Å². The Morgan fingerprint density at radius 2 is 1.89 bits per heavy atom. The Balaban J connectivity index is 2.92. The van der Waals surface area contributed by atoms with Crippen molar-refractivity contribution in [1.82, 2.24) is 5.32 Å². The summed E-state index contributed by atoms with van der Waals surface area (Å²) in [6, 6.07) is 5.14. The van der Waals surface area contributed by atoms with Gasteiger partial charge in [-0.25, -0.2) is 4.39 Å². The van der Waals surface area contributed by atoms with Crippen molar-refractivity contribution in [3.8, 4) is 5.75 Å². The Kier molecular flexibility index (Phi) is 5.60. The molecule has 0 fully saturated rings. The van der Waals surface area contributed by atoms with Gasteiger partial charge >= 0.3 is 0 Å². The minimum absolute atomic E-state index is 0.0182. The molecule has 0 amide bonds. The molecule has 18 heavy (non-hydrogen) atoms. The highest BCUT2D eigenvalue weighted by Gasteiger charge is 2.17. The van der Waals surface area contributed by atoms with E-state index >= 15 is 0 Å². The summed E-state index contributed by atoms with van der Waals surface area (Å²) in [5, 5.41) is 3.12. The lowest BCUT2D eigenvalue weighted by atomic mass is 10.1. The lowest BCUT2D eigenvalue weighted by molar-refractivity contribution is 0.182. The first-order chi connectivity index (χ1) is 8.45. The van der Waals surface area contributed by atoms with Gasteiger partial charge in [0.25, 0.3) is 0 Å². The van der Waals surface area contributed by atoms with Crippen molar-refractivity contribution in [3.05, 3.63) is 29.6 Å². The molecule has 3 heteroatoms. The summed E-state index contributed by atoms with van der Waals surface area (Å²) in [5.74, 6) is 0.634. The number of hydrogen-bond acceptors (Lipinski definition) is 2. The molecule has 0 aliphatic rings. The summed E-state index contributed by atoms with van der Waals surface area (Å²) in [7, 11) is 1.86. The number of para-hydroxylation sites is 1. The zero-order chi connectivity index (χ0) is 13.7. The second-order valence-corrected chi connectivity index (χ2v) is 5.23. The Labute approximate surface area is 110 Å². The lowest BCUT2D eigenvalue weighted by Gasteiger charge is -2.21. The van der Waals surface area contributed by atoms with Crippen LogP contribution in [0.25, 0.3) is 0 Å². The van der Waals surface area contributed by atoms with E-state index in [0.717, 1.165) is 12.0 Å². The Morgan fingerprint density at radius 1 is 1.22 bits per heavy atom. The van der Waals surface area contributed by atoms with Crippen LogP contribution >= 0.6 is 0 Å². The van der Waals surface area contributed by atoms with Gasteiger partial charge in [-0.2, -0.15) is 0 Å². The Morgan fingerprint density at radius 3 is 2.44 bits per heavy atom. The second-order valence-electron chi connectivity index (χ2n) is 5.23. The van der Waals surface area contributed by atoms with Crippen LogP contribution in [0.3, 0.4) is 0 Å². The fourth-order valence-electron chi connectivity index (χ4n) is 2.06. The molecule has 0 bridgehead atoms. The maximum absolute atomic E-state index is 13.9. The highest BCUT2D eigenvalue weighted by atomic mass is 19.1. The van der Waals surface area contributed by atoms with E-state index in [9.17, 15) is 4.39 Å². The molecule has 2 unspecified atom stereocenters. The molecule has 0 spiro atoms. The van der Waals surface area contributed by atoms with Gasteiger partial charge in [0.15, 0.2) is 11.6 Å². The van der Waals surface area contributed by atoms with E-state index in [1.54, 1.807) is 6.07 Å². The van der Waals surface area contributed by atoms with E-state index in [4.69, 9.17) is 4.74 Å². The first kappa shape index (κ1) is 15.0. The summed E-state index contributed by atoms with van der Waals surface area (Å²) < 4.78 is 19.7. The van der Waals surface area contributed by atoms with Gasteiger partial charge in [0.05, 0.1) is 6.10 Å². The third-order valence-corrected chi connectivity index (χ3v) is 3.02. The lowest BCUT2D eigenvalue weighted by Crippen LogP contribution is -2.19. The van der Waals surface area contributed by atoms with Crippen LogP contribution in [-0.2, 0) is 0 Å². The molecular weight excluding hydrogens is 229 g/mol. The normalized spacial score (nSPS) is 14.6. The predicted octanol–water partition coefficient (Wildman–Crippen LogP) is 3.92. The van der Waals surface area contributed by atoms with Gasteiger partial charge in [-0.3, -0.25) is 0 Å². The molecule has 0 aliphatic heterocycles. The number of rotatable bonds is 6. The zero-order valence-electron chi connectivity index (χ0n) is 12.0. The van der Waals surface area contributed by atoms with E-state index < -0.39 is 0 Å². The summed E-state index contributed by atoms with van der Waals surface area (Å²) in [5.41, 5.74) is 0.869. The fourth-order valence-corrected chi connectivity index (χ4v) is 2.06. The van der Waals surface area contributed by atoms with Crippen LogP contribution in [0.2, 0.25) is 0 Å². The van der Waals surface area contributed by atoms with Crippen LogP contribution < -0.4 is 10.1 Å². The molecule has 0 saturated heterocycles. The number of ether oxygens (including phenoxy) is 1. The molecule has 2 nitrogen and oxygen atoms in total. The second kappa shape index (κ2) is 6.74. The van der Waals surface area contributed by atoms with Crippen molar-refractivity contribution >= 4 is 0 Å². The maximum Gasteiger partial charge on any atom is 0.165 e. The van der Waals surface area contributed by atoms with Crippen molar-refractivity contribution in [2.24, 2.45) is 5.92 Å². The van der Waals surface area contributed by atoms with Crippen molar-refractivity contribution < 1.29 is 9.13 Å². The first-order valence-corrected chi connectivity index (χ1v) is 6.58. The Hall–Kier alpha value is -1.09. The van der Waals surface area contributed by atoms with Crippen LogP contribution in [0.15, 0.2) is 18.2 Å². The molecule has 0 saturated carbocycles. The smallest absolute Gasteiger partial charge is 0.165 e. The SMILES string of the molecule is CNC(C)c1cccc(F)c1OC(C)CC(C)C. The van der Waals surface area contributed by atoms with Gasteiger partial charge in [-0.05, 0) is 39.3 Å². The highest BCUT2D eigenvalue weighted by Crippen LogP contribution is 2.29. The van der Waals surface area contributed by atoms with Crippen molar-refractivity contribution in [1.29, 1.82) is 0 Å².